The average molecular weight is 270 g/mol. The molecule has 0 N–H and O–H groups in total. The van der Waals surface area contributed by atoms with Crippen LogP contribution in [0.1, 0.15) is 83.5 Å². The summed E-state index contributed by atoms with van der Waals surface area (Å²) in [5.41, 5.74) is 0. The van der Waals surface area contributed by atoms with Crippen LogP contribution in [-0.2, 0) is 0 Å². The minimum atomic E-state index is 0.931. The van der Waals surface area contributed by atoms with Crippen LogP contribution in [0, 0.1) is 0 Å². The van der Waals surface area contributed by atoms with Crippen LogP contribution in [0.25, 0.3) is 0 Å². The van der Waals surface area contributed by atoms with Crippen LogP contribution in [0.4, 0.5) is 0 Å². The summed E-state index contributed by atoms with van der Waals surface area (Å²) in [6.45, 7) is 0. The molecule has 0 aromatic rings. The third-order valence-corrected chi connectivity index (χ3v) is 4.66. The van der Waals surface area contributed by atoms with Crippen molar-refractivity contribution in [1.82, 2.24) is 0 Å². The summed E-state index contributed by atoms with van der Waals surface area (Å²) in [4.78, 5) is 0. The van der Waals surface area contributed by atoms with Crippen LogP contribution < -0.4 is 0 Å². The fraction of sp³-hybridized carbons (Fsp3) is 1.00. The molecular weight excluding hydrogens is 243 g/mol. The Morgan fingerprint density at radius 3 is 1.07 bits per heavy atom. The van der Waals surface area contributed by atoms with E-state index in [-0.39, 0.29) is 0 Å². The van der Waals surface area contributed by atoms with Crippen molar-refractivity contribution in [3.63, 3.8) is 0 Å². The molecule has 0 aliphatic heterocycles. The maximum atomic E-state index is 2.90. The van der Waals surface area contributed by atoms with Gasteiger partial charge < -0.3 is 0 Å². The molecule has 0 spiro atoms. The fourth-order valence-electron chi connectivity index (χ4n) is 2.50. The second kappa shape index (κ2) is 9.76. The summed E-state index contributed by atoms with van der Waals surface area (Å²) in [5.74, 6) is 0. The van der Waals surface area contributed by atoms with Gasteiger partial charge in [0.25, 0.3) is 0 Å². The summed E-state index contributed by atoms with van der Waals surface area (Å²) < 4.78 is 0.931. The fourth-order valence-corrected chi connectivity index (χ4v) is 3.26. The van der Waals surface area contributed by atoms with E-state index in [0.717, 1.165) is 4.71 Å². The molecule has 0 saturated heterocycles. The Morgan fingerprint density at radius 1 is 0.467 bits per heavy atom. The van der Waals surface area contributed by atoms with E-state index in [9.17, 15) is 0 Å². The van der Waals surface area contributed by atoms with Crippen LogP contribution >= 0.6 is 0 Å². The van der Waals surface area contributed by atoms with Crippen molar-refractivity contribution >= 4 is 16.9 Å². The van der Waals surface area contributed by atoms with Gasteiger partial charge in [-0.25, -0.2) is 0 Å². The summed E-state index contributed by atoms with van der Waals surface area (Å²) in [5, 5.41) is 0. The van der Waals surface area contributed by atoms with Crippen LogP contribution in [0.3, 0.4) is 0 Å². The molecule has 0 aromatic heterocycles. The third kappa shape index (κ3) is 8.37. The van der Waals surface area contributed by atoms with Crippen molar-refractivity contribution in [3.8, 4) is 0 Å². The van der Waals surface area contributed by atoms with Crippen molar-refractivity contribution in [2.45, 2.75) is 88.2 Å². The van der Waals surface area contributed by atoms with E-state index in [2.05, 4.69) is 16.9 Å². The van der Waals surface area contributed by atoms with Gasteiger partial charge in [0.1, 0.15) is 0 Å². The molecule has 2 radical (unpaired) electrons. The van der Waals surface area contributed by atoms with Crippen LogP contribution in [0.2, 0.25) is 4.71 Å². The third-order valence-electron chi connectivity index (χ3n) is 3.57. The molecule has 1 rings (SSSR count). The van der Waals surface area contributed by atoms with Crippen molar-refractivity contribution in [3.05, 3.63) is 0 Å². The molecule has 0 bridgehead atoms. The second-order valence-corrected chi connectivity index (χ2v) is 6.65. The van der Waals surface area contributed by atoms with Crippen LogP contribution in [0.15, 0.2) is 0 Å². The Labute approximate surface area is 105 Å². The van der Waals surface area contributed by atoms with Gasteiger partial charge in [0.2, 0.25) is 0 Å². The van der Waals surface area contributed by atoms with E-state index in [0.29, 0.717) is 0 Å². The van der Waals surface area contributed by atoms with Gasteiger partial charge in [-0.15, -0.1) is 0 Å². The molecule has 15 heavy (non-hydrogen) atoms. The van der Waals surface area contributed by atoms with Gasteiger partial charge >= 0.3 is 105 Å². The molecule has 0 amide bonds. The summed E-state index contributed by atoms with van der Waals surface area (Å²) in [6, 6.07) is 0. The first kappa shape index (κ1) is 13.6. The quantitative estimate of drug-likeness (QED) is 0.542. The van der Waals surface area contributed by atoms with Gasteiger partial charge in [-0.1, -0.05) is 0 Å². The average Bonchev–Trinajstić information content (AvgIpc) is 2.24. The van der Waals surface area contributed by atoms with Crippen molar-refractivity contribution in [2.75, 3.05) is 0 Å². The van der Waals surface area contributed by atoms with E-state index in [1.165, 1.54) is 83.5 Å². The molecule has 1 aliphatic rings. The molecule has 1 saturated carbocycles. The molecule has 1 aliphatic carbocycles. The Morgan fingerprint density at radius 2 is 0.733 bits per heavy atom. The first-order valence-corrected chi connectivity index (χ1v) is 8.16. The van der Waals surface area contributed by atoms with E-state index in [4.69, 9.17) is 0 Å². The van der Waals surface area contributed by atoms with Crippen molar-refractivity contribution in [1.29, 1.82) is 0 Å². The van der Waals surface area contributed by atoms with Crippen molar-refractivity contribution in [2.24, 2.45) is 0 Å². The zero-order chi connectivity index (χ0) is 10.8. The first-order valence-electron chi connectivity index (χ1n) is 7.07. The molecule has 0 heterocycles. The molecule has 1 fully saturated rings. The summed E-state index contributed by atoms with van der Waals surface area (Å²) >= 11 is 2.90. The van der Waals surface area contributed by atoms with Gasteiger partial charge in [0.05, 0.1) is 0 Å². The zero-order valence-corrected chi connectivity index (χ0v) is 12.1. The SMILES string of the molecule is [As]C1CCCCCCCCCCCCC1. The van der Waals surface area contributed by atoms with E-state index >= 15 is 0 Å². The number of hydrogen-bond donors (Lipinski definition) is 0. The Kier molecular flexibility index (Phi) is 8.86. The van der Waals surface area contributed by atoms with Crippen LogP contribution in [-0.4, -0.2) is 16.9 Å². The van der Waals surface area contributed by atoms with Gasteiger partial charge in [0.15, 0.2) is 0 Å². The molecule has 0 aromatic carbocycles. The minimum absolute atomic E-state index is 0.931. The van der Waals surface area contributed by atoms with E-state index < -0.39 is 0 Å². The molecule has 1 heteroatoms. The van der Waals surface area contributed by atoms with E-state index in [1.54, 1.807) is 0 Å². The van der Waals surface area contributed by atoms with Crippen molar-refractivity contribution < 1.29 is 0 Å². The topological polar surface area (TPSA) is 0 Å². The van der Waals surface area contributed by atoms with Gasteiger partial charge in [-0.05, 0) is 0 Å². The zero-order valence-electron chi connectivity index (χ0n) is 10.2. The Hall–Kier alpha value is 0.558. The second-order valence-electron chi connectivity index (χ2n) is 5.12. The van der Waals surface area contributed by atoms with E-state index in [1.807, 2.05) is 0 Å². The van der Waals surface area contributed by atoms with Crippen LogP contribution in [0.5, 0.6) is 0 Å². The summed E-state index contributed by atoms with van der Waals surface area (Å²) in [7, 11) is 0. The normalized spacial score (nSPS) is 24.6. The predicted molar refractivity (Wildman–Crippen MR) is 69.5 cm³/mol. The number of hydrogen-bond acceptors (Lipinski definition) is 0. The standard InChI is InChI=1S/C14H27As/c15-14-12-10-8-6-4-2-1-3-5-7-9-11-13-14/h14H,1-13H2. The summed E-state index contributed by atoms with van der Waals surface area (Å²) in [6.07, 6.45) is 19.2. The van der Waals surface area contributed by atoms with Gasteiger partial charge in [-0.3, -0.25) is 0 Å². The van der Waals surface area contributed by atoms with Gasteiger partial charge in [-0.2, -0.15) is 0 Å². The number of rotatable bonds is 0. The maximum absolute atomic E-state index is 2.90. The molecule has 0 nitrogen and oxygen atoms in total. The molecular formula is C14H27As. The van der Waals surface area contributed by atoms with Gasteiger partial charge in [0, 0.05) is 0 Å². The molecule has 0 atom stereocenters. The molecule has 0 unspecified atom stereocenters. The monoisotopic (exact) mass is 270 g/mol. The first-order chi connectivity index (χ1) is 7.39. The molecule has 88 valence electrons. The Balaban J connectivity index is 2.10. The predicted octanol–water partition coefficient (Wildman–Crippen LogP) is 5.03. The Bertz CT molecular complexity index is 119.